The molecule has 0 radical (unpaired) electrons. The van der Waals surface area contributed by atoms with Crippen molar-refractivity contribution in [3.8, 4) is 0 Å². The second kappa shape index (κ2) is 25.1. The molecule has 0 aliphatic rings. The van der Waals surface area contributed by atoms with Crippen LogP contribution in [0, 0.1) is 0 Å². The first-order chi connectivity index (χ1) is 19.6. The van der Waals surface area contributed by atoms with Crippen LogP contribution < -0.4 is 5.32 Å². The van der Waals surface area contributed by atoms with Gasteiger partial charge in [-0.2, -0.15) is 0 Å². The number of hydrogen-bond donors (Lipinski definition) is 1. The van der Waals surface area contributed by atoms with Crippen molar-refractivity contribution in [1.82, 2.24) is 15.2 Å². The summed E-state index contributed by atoms with van der Waals surface area (Å²) in [5.74, 6) is 0. The summed E-state index contributed by atoms with van der Waals surface area (Å²) in [4.78, 5) is 41.2. The van der Waals surface area contributed by atoms with E-state index in [0.29, 0.717) is 12.2 Å². The molecule has 0 aromatic carbocycles. The molecule has 10 heteroatoms. The molecule has 3 amide bonds. The van der Waals surface area contributed by atoms with Gasteiger partial charge in [-0.3, -0.25) is 4.98 Å². The molecule has 0 bridgehead atoms. The smallest absolute Gasteiger partial charge is 0.419 e. The molecule has 0 aliphatic carbocycles. The molecule has 0 saturated heterocycles. The number of unbranched alkanes of at least 4 members (excludes halogenated alkanes) is 12. The number of hydrogen-bond acceptors (Lipinski definition) is 8. The number of aromatic nitrogens is 1. The quantitative estimate of drug-likeness (QED) is 0.111. The molecule has 1 heterocycles. The number of imide groups is 1. The second-order valence-electron chi connectivity index (χ2n) is 9.64. The number of carbonyl (C=O) groups is 3. The molecule has 1 N–H and O–H groups in total. The van der Waals surface area contributed by atoms with Gasteiger partial charge >= 0.3 is 18.3 Å². The zero-order valence-corrected chi connectivity index (χ0v) is 24.7. The first kappa shape index (κ1) is 35.1. The lowest BCUT2D eigenvalue weighted by Crippen LogP contribution is -2.38. The molecular weight excluding hydrogens is 514 g/mol. The predicted molar refractivity (Wildman–Crippen MR) is 154 cm³/mol. The molecule has 40 heavy (non-hydrogen) atoms. The Bertz CT molecular complexity index is 780. The van der Waals surface area contributed by atoms with E-state index in [2.05, 4.69) is 17.2 Å². The number of pyridine rings is 1. The van der Waals surface area contributed by atoms with Gasteiger partial charge in [0.25, 0.3) is 0 Å². The van der Waals surface area contributed by atoms with Gasteiger partial charge in [0.15, 0.2) is 0 Å². The van der Waals surface area contributed by atoms with Crippen LogP contribution in [0.5, 0.6) is 0 Å². The maximum absolute atomic E-state index is 12.4. The minimum atomic E-state index is -0.850. The maximum atomic E-state index is 12.4. The summed E-state index contributed by atoms with van der Waals surface area (Å²) in [5, 5.41) is 2.75. The van der Waals surface area contributed by atoms with E-state index in [-0.39, 0.29) is 39.6 Å². The highest BCUT2D eigenvalue weighted by molar-refractivity contribution is 5.87. The highest BCUT2D eigenvalue weighted by Gasteiger charge is 2.25. The average molecular weight is 566 g/mol. The molecule has 0 aliphatic heterocycles. The number of rotatable bonds is 23. The molecule has 0 unspecified atom stereocenters. The van der Waals surface area contributed by atoms with E-state index in [0.717, 1.165) is 17.7 Å². The van der Waals surface area contributed by atoms with Crippen molar-refractivity contribution in [1.29, 1.82) is 0 Å². The average Bonchev–Trinajstić information content (AvgIpc) is 2.96. The van der Waals surface area contributed by atoms with E-state index in [9.17, 15) is 14.4 Å². The van der Waals surface area contributed by atoms with Gasteiger partial charge in [0.05, 0.1) is 32.1 Å². The van der Waals surface area contributed by atoms with Crippen LogP contribution in [0.4, 0.5) is 14.4 Å². The van der Waals surface area contributed by atoms with Gasteiger partial charge in [-0.05, 0) is 25.5 Å². The Morgan fingerprint density at radius 3 is 1.88 bits per heavy atom. The molecule has 1 rings (SSSR count). The number of alkyl carbamates (subject to hydrolysis) is 1. The van der Waals surface area contributed by atoms with E-state index in [1.165, 1.54) is 70.6 Å². The van der Waals surface area contributed by atoms with E-state index >= 15 is 0 Å². The fraction of sp³-hybridized carbons (Fsp3) is 0.733. The standard InChI is InChI=1S/C30H51N3O7/c1-3-5-6-7-8-9-10-11-12-13-14-15-17-21-32-28(34)39-24-22-37-23-25-40-30(36)33(29(35)38-4-2)26-27-19-16-18-20-31-27/h16,18-20H,3-15,17,21-26H2,1-2H3,(H,32,34). The van der Waals surface area contributed by atoms with Crippen molar-refractivity contribution in [3.05, 3.63) is 30.1 Å². The van der Waals surface area contributed by atoms with Crippen LogP contribution in [0.1, 0.15) is 103 Å². The zero-order valence-electron chi connectivity index (χ0n) is 24.7. The fourth-order valence-corrected chi connectivity index (χ4v) is 4.00. The fourth-order valence-electron chi connectivity index (χ4n) is 4.00. The van der Waals surface area contributed by atoms with Gasteiger partial charge in [-0.25, -0.2) is 19.3 Å². The van der Waals surface area contributed by atoms with Crippen molar-refractivity contribution in [3.63, 3.8) is 0 Å². The SMILES string of the molecule is CCCCCCCCCCCCCCCNC(=O)OCCOCCOC(=O)N(Cc1ccccn1)C(=O)OCC. The zero-order chi connectivity index (χ0) is 29.1. The Morgan fingerprint density at radius 1 is 0.725 bits per heavy atom. The van der Waals surface area contributed by atoms with Gasteiger partial charge in [-0.15, -0.1) is 0 Å². The summed E-state index contributed by atoms with van der Waals surface area (Å²) in [6, 6.07) is 5.19. The summed E-state index contributed by atoms with van der Waals surface area (Å²) in [7, 11) is 0. The Hall–Kier alpha value is -2.88. The Balaban J connectivity index is 1.97. The third-order valence-corrected chi connectivity index (χ3v) is 6.22. The normalized spacial score (nSPS) is 10.7. The summed E-state index contributed by atoms with van der Waals surface area (Å²) in [5.41, 5.74) is 0.522. The lowest BCUT2D eigenvalue weighted by Gasteiger charge is -2.19. The minimum Gasteiger partial charge on any atom is -0.449 e. The third-order valence-electron chi connectivity index (χ3n) is 6.22. The maximum Gasteiger partial charge on any atom is 0.419 e. The number of ether oxygens (including phenoxy) is 4. The van der Waals surface area contributed by atoms with Gasteiger partial charge in [-0.1, -0.05) is 90.0 Å². The van der Waals surface area contributed by atoms with Gasteiger partial charge in [0, 0.05) is 12.7 Å². The lowest BCUT2D eigenvalue weighted by molar-refractivity contribution is 0.0335. The van der Waals surface area contributed by atoms with Gasteiger partial charge < -0.3 is 24.3 Å². The molecule has 0 fully saturated rings. The molecule has 1 aromatic rings. The van der Waals surface area contributed by atoms with Crippen LogP contribution in [0.25, 0.3) is 0 Å². The minimum absolute atomic E-state index is 0.0673. The summed E-state index contributed by atoms with van der Waals surface area (Å²) < 4.78 is 20.5. The van der Waals surface area contributed by atoms with Crippen LogP contribution in [0.3, 0.4) is 0 Å². The van der Waals surface area contributed by atoms with Crippen LogP contribution in [-0.2, 0) is 25.5 Å². The van der Waals surface area contributed by atoms with Crippen molar-refractivity contribution in [2.75, 3.05) is 39.6 Å². The number of nitrogens with one attached hydrogen (secondary N) is 1. The number of carbonyl (C=O) groups excluding carboxylic acids is 3. The van der Waals surface area contributed by atoms with E-state index in [1.54, 1.807) is 31.3 Å². The molecule has 0 spiro atoms. The number of nitrogens with zero attached hydrogens (tertiary/aromatic N) is 2. The topological polar surface area (TPSA) is 116 Å². The first-order valence-corrected chi connectivity index (χ1v) is 15.1. The van der Waals surface area contributed by atoms with Crippen molar-refractivity contribution >= 4 is 18.3 Å². The Labute approximate surface area is 240 Å². The Morgan fingerprint density at radius 2 is 1.30 bits per heavy atom. The van der Waals surface area contributed by atoms with Crippen LogP contribution in [0.2, 0.25) is 0 Å². The van der Waals surface area contributed by atoms with Crippen molar-refractivity contribution in [2.24, 2.45) is 0 Å². The second-order valence-corrected chi connectivity index (χ2v) is 9.64. The van der Waals surface area contributed by atoms with Crippen LogP contribution in [-0.4, -0.2) is 67.7 Å². The Kier molecular flexibility index (Phi) is 22.1. The molecule has 0 atom stereocenters. The predicted octanol–water partition coefficient (Wildman–Crippen LogP) is 7.01. The van der Waals surface area contributed by atoms with E-state index in [1.807, 2.05) is 0 Å². The van der Waals surface area contributed by atoms with E-state index in [4.69, 9.17) is 18.9 Å². The monoisotopic (exact) mass is 565 g/mol. The number of amides is 3. The summed E-state index contributed by atoms with van der Waals surface area (Å²) in [6.07, 6.45) is 16.2. The van der Waals surface area contributed by atoms with Crippen molar-refractivity contribution in [2.45, 2.75) is 104 Å². The third kappa shape index (κ3) is 19.2. The molecule has 0 saturated carbocycles. The molecule has 10 nitrogen and oxygen atoms in total. The molecular formula is C30H51N3O7. The van der Waals surface area contributed by atoms with Crippen LogP contribution in [0.15, 0.2) is 24.4 Å². The lowest BCUT2D eigenvalue weighted by atomic mass is 10.0. The first-order valence-electron chi connectivity index (χ1n) is 15.1. The van der Waals surface area contributed by atoms with Gasteiger partial charge in [0.2, 0.25) is 0 Å². The molecule has 1 aromatic heterocycles. The van der Waals surface area contributed by atoms with Crippen molar-refractivity contribution < 1.29 is 33.3 Å². The summed E-state index contributed by atoms with van der Waals surface area (Å²) >= 11 is 0. The van der Waals surface area contributed by atoms with Crippen LogP contribution >= 0.6 is 0 Å². The largest absolute Gasteiger partial charge is 0.449 e. The highest BCUT2D eigenvalue weighted by atomic mass is 16.6. The van der Waals surface area contributed by atoms with Gasteiger partial charge in [0.1, 0.15) is 13.2 Å². The highest BCUT2D eigenvalue weighted by Crippen LogP contribution is 2.12. The van der Waals surface area contributed by atoms with E-state index < -0.39 is 18.3 Å². The molecule has 228 valence electrons. The summed E-state index contributed by atoms with van der Waals surface area (Å²) in [6.45, 7) is 4.85.